The average molecular weight is 305 g/mol. The molecule has 1 heterocycles. The number of hydrogen-bond donors (Lipinski definition) is 0. The largest absolute Gasteiger partial charge is 0.494 e. The maximum atomic E-state index is 9.32. The van der Waals surface area contributed by atoms with Crippen LogP contribution in [0, 0.1) is 25.2 Å². The SMILES string of the molecule is Cc1noc(C)c1C(C#N)CCCOc1cccc(Cl)c1. The van der Waals surface area contributed by atoms with Gasteiger partial charge in [-0.05, 0) is 44.9 Å². The number of nitrogens with zero attached hydrogens (tertiary/aromatic N) is 2. The summed E-state index contributed by atoms with van der Waals surface area (Å²) in [7, 11) is 0. The summed E-state index contributed by atoms with van der Waals surface area (Å²) < 4.78 is 10.7. The fourth-order valence-corrected chi connectivity index (χ4v) is 2.48. The Morgan fingerprint density at radius 3 is 2.86 bits per heavy atom. The van der Waals surface area contributed by atoms with Crippen molar-refractivity contribution in [2.24, 2.45) is 0 Å². The van der Waals surface area contributed by atoms with Crippen LogP contribution in [0.15, 0.2) is 28.8 Å². The van der Waals surface area contributed by atoms with E-state index in [-0.39, 0.29) is 5.92 Å². The fourth-order valence-electron chi connectivity index (χ4n) is 2.30. The molecule has 0 fully saturated rings. The van der Waals surface area contributed by atoms with Gasteiger partial charge in [0.25, 0.3) is 0 Å². The molecule has 0 radical (unpaired) electrons. The van der Waals surface area contributed by atoms with E-state index >= 15 is 0 Å². The van der Waals surface area contributed by atoms with Crippen LogP contribution in [0.3, 0.4) is 0 Å². The molecule has 0 aliphatic carbocycles. The smallest absolute Gasteiger partial charge is 0.138 e. The summed E-state index contributed by atoms with van der Waals surface area (Å²) in [5.74, 6) is 1.25. The minimum absolute atomic E-state index is 0.209. The molecule has 2 rings (SSSR count). The summed E-state index contributed by atoms with van der Waals surface area (Å²) in [6.45, 7) is 4.24. The van der Waals surface area contributed by atoms with Gasteiger partial charge in [0.2, 0.25) is 0 Å². The zero-order chi connectivity index (χ0) is 15.2. The normalized spacial score (nSPS) is 11.9. The van der Waals surface area contributed by atoms with Gasteiger partial charge in [0.1, 0.15) is 11.5 Å². The van der Waals surface area contributed by atoms with E-state index in [1.165, 1.54) is 0 Å². The number of aryl methyl sites for hydroxylation is 2. The van der Waals surface area contributed by atoms with Crippen molar-refractivity contribution in [3.63, 3.8) is 0 Å². The van der Waals surface area contributed by atoms with E-state index in [4.69, 9.17) is 20.9 Å². The van der Waals surface area contributed by atoms with Crippen molar-refractivity contribution < 1.29 is 9.26 Å². The van der Waals surface area contributed by atoms with Gasteiger partial charge < -0.3 is 9.26 Å². The standard InChI is InChI=1S/C16H17ClN2O2/c1-11-16(12(2)21-19-11)13(10-18)5-4-8-20-15-7-3-6-14(17)9-15/h3,6-7,9,13H,4-5,8H2,1-2H3. The van der Waals surface area contributed by atoms with Gasteiger partial charge in [0.15, 0.2) is 0 Å². The minimum atomic E-state index is -0.209. The Kier molecular flexibility index (Phi) is 5.24. The van der Waals surface area contributed by atoms with Crippen molar-refractivity contribution in [3.05, 3.63) is 46.3 Å². The fraction of sp³-hybridized carbons (Fsp3) is 0.375. The third-order valence-electron chi connectivity index (χ3n) is 3.29. The van der Waals surface area contributed by atoms with Gasteiger partial charge >= 0.3 is 0 Å². The van der Waals surface area contributed by atoms with E-state index in [1.807, 2.05) is 26.0 Å². The number of ether oxygens (including phenoxy) is 1. The second-order valence-electron chi connectivity index (χ2n) is 4.87. The molecule has 110 valence electrons. The molecule has 1 atom stereocenters. The molecular formula is C16H17ClN2O2. The minimum Gasteiger partial charge on any atom is -0.494 e. The summed E-state index contributed by atoms with van der Waals surface area (Å²) in [6.07, 6.45) is 1.48. The lowest BCUT2D eigenvalue weighted by atomic mass is 9.94. The van der Waals surface area contributed by atoms with Crippen molar-refractivity contribution in [2.45, 2.75) is 32.6 Å². The number of nitriles is 1. The van der Waals surface area contributed by atoms with Crippen molar-refractivity contribution in [3.8, 4) is 11.8 Å². The summed E-state index contributed by atoms with van der Waals surface area (Å²) >= 11 is 5.89. The lowest BCUT2D eigenvalue weighted by molar-refractivity contribution is 0.304. The van der Waals surface area contributed by atoms with Crippen LogP contribution >= 0.6 is 11.6 Å². The molecule has 0 bridgehead atoms. The van der Waals surface area contributed by atoms with Crippen LogP contribution in [0.2, 0.25) is 5.02 Å². The Bertz CT molecular complexity index is 626. The first-order valence-electron chi connectivity index (χ1n) is 6.82. The van der Waals surface area contributed by atoms with Gasteiger partial charge in [-0.3, -0.25) is 0 Å². The zero-order valence-electron chi connectivity index (χ0n) is 12.1. The predicted molar refractivity (Wildman–Crippen MR) is 80.5 cm³/mol. The highest BCUT2D eigenvalue weighted by Gasteiger charge is 2.19. The van der Waals surface area contributed by atoms with Crippen molar-refractivity contribution in [2.75, 3.05) is 6.61 Å². The number of benzene rings is 1. The van der Waals surface area contributed by atoms with Gasteiger partial charge in [-0.2, -0.15) is 5.26 Å². The van der Waals surface area contributed by atoms with Crippen LogP contribution in [0.4, 0.5) is 0 Å². The van der Waals surface area contributed by atoms with E-state index in [9.17, 15) is 5.26 Å². The Hall–Kier alpha value is -1.99. The van der Waals surface area contributed by atoms with Crippen LogP contribution in [-0.4, -0.2) is 11.8 Å². The van der Waals surface area contributed by atoms with Gasteiger partial charge in [0.05, 0.1) is 24.3 Å². The Morgan fingerprint density at radius 1 is 1.43 bits per heavy atom. The molecule has 1 aromatic heterocycles. The van der Waals surface area contributed by atoms with E-state index in [0.29, 0.717) is 18.1 Å². The first kappa shape index (κ1) is 15.4. The zero-order valence-corrected chi connectivity index (χ0v) is 12.9. The molecule has 0 saturated carbocycles. The molecule has 21 heavy (non-hydrogen) atoms. The number of aromatic nitrogens is 1. The maximum absolute atomic E-state index is 9.32. The van der Waals surface area contributed by atoms with Gasteiger partial charge in [0, 0.05) is 10.6 Å². The topological polar surface area (TPSA) is 59.0 Å². The van der Waals surface area contributed by atoms with Gasteiger partial charge in [-0.25, -0.2) is 0 Å². The summed E-state index contributed by atoms with van der Waals surface area (Å²) in [4.78, 5) is 0. The second-order valence-corrected chi connectivity index (χ2v) is 5.30. The number of rotatable bonds is 6. The molecule has 4 nitrogen and oxygen atoms in total. The summed E-state index contributed by atoms with van der Waals surface area (Å²) in [5.41, 5.74) is 1.69. The highest BCUT2D eigenvalue weighted by atomic mass is 35.5. The quantitative estimate of drug-likeness (QED) is 0.742. The van der Waals surface area contributed by atoms with Crippen LogP contribution < -0.4 is 4.74 Å². The molecule has 0 aliphatic rings. The van der Waals surface area contributed by atoms with E-state index < -0.39 is 0 Å². The van der Waals surface area contributed by atoms with Gasteiger partial charge in [-0.1, -0.05) is 22.8 Å². The molecule has 2 aromatic rings. The molecule has 5 heteroatoms. The molecule has 0 saturated heterocycles. The van der Waals surface area contributed by atoms with E-state index in [1.54, 1.807) is 12.1 Å². The third-order valence-corrected chi connectivity index (χ3v) is 3.53. The number of halogens is 1. The lowest BCUT2D eigenvalue weighted by Crippen LogP contribution is -2.03. The Labute approximate surface area is 129 Å². The van der Waals surface area contributed by atoms with Gasteiger partial charge in [-0.15, -0.1) is 0 Å². The summed E-state index contributed by atoms with van der Waals surface area (Å²) in [6, 6.07) is 9.61. The van der Waals surface area contributed by atoms with Crippen molar-refractivity contribution >= 4 is 11.6 Å². The molecule has 0 spiro atoms. The molecular weight excluding hydrogens is 288 g/mol. The lowest BCUT2D eigenvalue weighted by Gasteiger charge is -2.10. The first-order chi connectivity index (χ1) is 10.1. The highest BCUT2D eigenvalue weighted by Crippen LogP contribution is 2.27. The highest BCUT2D eigenvalue weighted by molar-refractivity contribution is 6.30. The Morgan fingerprint density at radius 2 is 2.24 bits per heavy atom. The second kappa shape index (κ2) is 7.14. The van der Waals surface area contributed by atoms with Crippen molar-refractivity contribution in [1.29, 1.82) is 5.26 Å². The first-order valence-corrected chi connectivity index (χ1v) is 7.20. The Balaban J connectivity index is 1.86. The molecule has 0 amide bonds. The molecule has 0 aliphatic heterocycles. The van der Waals surface area contributed by atoms with Crippen LogP contribution in [0.25, 0.3) is 0 Å². The van der Waals surface area contributed by atoms with E-state index in [0.717, 1.165) is 29.2 Å². The molecule has 1 aromatic carbocycles. The predicted octanol–water partition coefficient (Wildman–Crippen LogP) is 4.41. The number of hydrogen-bond acceptors (Lipinski definition) is 4. The van der Waals surface area contributed by atoms with Crippen LogP contribution in [0.1, 0.15) is 35.8 Å². The van der Waals surface area contributed by atoms with Crippen LogP contribution in [-0.2, 0) is 0 Å². The maximum Gasteiger partial charge on any atom is 0.138 e. The summed E-state index contributed by atoms with van der Waals surface area (Å²) in [5, 5.41) is 13.9. The van der Waals surface area contributed by atoms with Crippen molar-refractivity contribution in [1.82, 2.24) is 5.16 Å². The monoisotopic (exact) mass is 304 g/mol. The molecule has 0 N–H and O–H groups in total. The average Bonchev–Trinajstić information content (AvgIpc) is 2.79. The van der Waals surface area contributed by atoms with E-state index in [2.05, 4.69) is 11.2 Å². The molecule has 1 unspecified atom stereocenters. The van der Waals surface area contributed by atoms with Crippen LogP contribution in [0.5, 0.6) is 5.75 Å². The third kappa shape index (κ3) is 3.99.